The van der Waals surface area contributed by atoms with E-state index >= 15 is 0 Å². The fourth-order valence-corrected chi connectivity index (χ4v) is 2.90. The molecule has 1 atom stereocenters. The first kappa shape index (κ1) is 15.7. The Morgan fingerprint density at radius 2 is 2.05 bits per heavy atom. The summed E-state index contributed by atoms with van der Waals surface area (Å²) in [6, 6.07) is 3.48. The van der Waals surface area contributed by atoms with E-state index in [9.17, 15) is 14.4 Å². The van der Waals surface area contributed by atoms with Crippen LogP contribution in [0.25, 0.3) is 0 Å². The maximum absolute atomic E-state index is 12.1. The van der Waals surface area contributed by atoms with Crippen LogP contribution >= 0.6 is 15.9 Å². The summed E-state index contributed by atoms with van der Waals surface area (Å²) in [6.07, 6.45) is 0.807. The Kier molecular flexibility index (Phi) is 4.46. The molecule has 1 aliphatic heterocycles. The number of halogens is 1. The molecule has 21 heavy (non-hydrogen) atoms. The first-order valence-corrected chi connectivity index (χ1v) is 7.60. The Balaban J connectivity index is 2.29. The lowest BCUT2D eigenvalue weighted by Crippen LogP contribution is -2.43. The molecule has 0 saturated carbocycles. The highest BCUT2D eigenvalue weighted by Crippen LogP contribution is 2.34. The van der Waals surface area contributed by atoms with E-state index in [1.807, 2.05) is 26.8 Å². The molecule has 0 bridgehead atoms. The van der Waals surface area contributed by atoms with Crippen molar-refractivity contribution >= 4 is 39.2 Å². The van der Waals surface area contributed by atoms with Gasteiger partial charge in [0.15, 0.2) is 0 Å². The second kappa shape index (κ2) is 5.97. The van der Waals surface area contributed by atoms with Crippen LogP contribution in [0.15, 0.2) is 16.6 Å². The monoisotopic (exact) mass is 352 g/mol. The molecule has 1 heterocycles. The maximum atomic E-state index is 12.1. The van der Waals surface area contributed by atoms with Gasteiger partial charge in [0.05, 0.1) is 11.3 Å². The molecule has 0 aromatic heterocycles. The summed E-state index contributed by atoms with van der Waals surface area (Å²) >= 11 is 3.31. The van der Waals surface area contributed by atoms with Crippen LogP contribution in [0, 0.1) is 6.92 Å². The van der Waals surface area contributed by atoms with Gasteiger partial charge in [-0.15, -0.1) is 0 Å². The van der Waals surface area contributed by atoms with Crippen molar-refractivity contribution in [1.82, 2.24) is 5.32 Å². The summed E-state index contributed by atoms with van der Waals surface area (Å²) in [5, 5.41) is 2.80. The van der Waals surface area contributed by atoms with E-state index in [0.29, 0.717) is 11.3 Å². The molecule has 6 heteroatoms. The highest BCUT2D eigenvalue weighted by molar-refractivity contribution is 9.10. The Morgan fingerprint density at radius 3 is 2.67 bits per heavy atom. The summed E-state index contributed by atoms with van der Waals surface area (Å²) in [5.41, 5.74) is 1.67. The number of fused-ring (bicyclic) bond motifs is 1. The molecule has 5 nitrogen and oxygen atoms in total. The van der Waals surface area contributed by atoms with Gasteiger partial charge in [-0.1, -0.05) is 22.9 Å². The van der Waals surface area contributed by atoms with Crippen LogP contribution in [0.4, 0.5) is 5.69 Å². The number of amides is 2. The van der Waals surface area contributed by atoms with Crippen LogP contribution in [0.5, 0.6) is 0 Å². The highest BCUT2D eigenvalue weighted by Gasteiger charge is 2.38. The van der Waals surface area contributed by atoms with Gasteiger partial charge in [0.1, 0.15) is 6.54 Å². The van der Waals surface area contributed by atoms with Gasteiger partial charge in [0, 0.05) is 10.5 Å². The topological polar surface area (TPSA) is 66.5 Å². The molecule has 0 radical (unpaired) electrons. The lowest BCUT2D eigenvalue weighted by Gasteiger charge is -2.19. The average Bonchev–Trinajstić information content (AvgIpc) is 2.64. The van der Waals surface area contributed by atoms with Crippen molar-refractivity contribution in [1.29, 1.82) is 0 Å². The Labute approximate surface area is 131 Å². The smallest absolute Gasteiger partial charge is 0.299 e. The van der Waals surface area contributed by atoms with E-state index in [2.05, 4.69) is 21.2 Å². The van der Waals surface area contributed by atoms with Gasteiger partial charge in [-0.2, -0.15) is 0 Å². The SMILES string of the molecule is CCC(C)NC(=O)CN1C(=O)C(=O)c2cc(Br)cc(C)c21. The lowest BCUT2D eigenvalue weighted by atomic mass is 10.1. The minimum atomic E-state index is -0.648. The van der Waals surface area contributed by atoms with Crippen molar-refractivity contribution in [3.05, 3.63) is 27.7 Å². The van der Waals surface area contributed by atoms with Gasteiger partial charge in [-0.3, -0.25) is 19.3 Å². The summed E-state index contributed by atoms with van der Waals surface area (Å²) in [7, 11) is 0. The van der Waals surface area contributed by atoms with Crippen molar-refractivity contribution in [2.24, 2.45) is 0 Å². The van der Waals surface area contributed by atoms with Crippen LogP contribution in [-0.4, -0.2) is 30.2 Å². The number of nitrogens with one attached hydrogen (secondary N) is 1. The number of benzene rings is 1. The van der Waals surface area contributed by atoms with Gasteiger partial charge in [-0.05, 0) is 38.0 Å². The number of nitrogens with zero attached hydrogens (tertiary/aromatic N) is 1. The number of rotatable bonds is 4. The van der Waals surface area contributed by atoms with Crippen LogP contribution < -0.4 is 10.2 Å². The Hall–Kier alpha value is -1.69. The first-order chi connectivity index (χ1) is 9.85. The fourth-order valence-electron chi connectivity index (χ4n) is 2.32. The van der Waals surface area contributed by atoms with Crippen molar-refractivity contribution in [2.75, 3.05) is 11.4 Å². The third-order valence-corrected chi connectivity index (χ3v) is 4.00. The van der Waals surface area contributed by atoms with E-state index in [-0.39, 0.29) is 18.5 Å². The first-order valence-electron chi connectivity index (χ1n) is 6.80. The van der Waals surface area contributed by atoms with Crippen molar-refractivity contribution in [3.63, 3.8) is 0 Å². The van der Waals surface area contributed by atoms with E-state index in [4.69, 9.17) is 0 Å². The molecule has 2 amide bonds. The van der Waals surface area contributed by atoms with Gasteiger partial charge in [0.2, 0.25) is 5.91 Å². The third kappa shape index (κ3) is 3.00. The number of anilines is 1. The van der Waals surface area contributed by atoms with Crippen LogP contribution in [0.3, 0.4) is 0 Å². The van der Waals surface area contributed by atoms with Gasteiger partial charge in [0.25, 0.3) is 11.7 Å². The minimum absolute atomic E-state index is 0.0383. The van der Waals surface area contributed by atoms with E-state index in [1.165, 1.54) is 4.90 Å². The lowest BCUT2D eigenvalue weighted by molar-refractivity contribution is -0.122. The molecule has 112 valence electrons. The second-order valence-electron chi connectivity index (χ2n) is 5.22. The molecule has 1 N–H and O–H groups in total. The molecule has 0 aliphatic carbocycles. The number of Topliss-reactive ketones (excluding diaryl/α,β-unsaturated/α-hetero) is 1. The van der Waals surface area contributed by atoms with Gasteiger partial charge in [-0.25, -0.2) is 0 Å². The van der Waals surface area contributed by atoms with Crippen molar-refractivity contribution in [3.8, 4) is 0 Å². The van der Waals surface area contributed by atoms with E-state index < -0.39 is 11.7 Å². The van der Waals surface area contributed by atoms with Crippen LogP contribution in [0.1, 0.15) is 36.2 Å². The van der Waals surface area contributed by atoms with E-state index in [0.717, 1.165) is 16.5 Å². The van der Waals surface area contributed by atoms with E-state index in [1.54, 1.807) is 6.07 Å². The molecule has 0 saturated heterocycles. The summed E-state index contributed by atoms with van der Waals surface area (Å²) in [6.45, 7) is 5.54. The zero-order valence-corrected chi connectivity index (χ0v) is 13.8. The average molecular weight is 353 g/mol. The number of ketones is 1. The molecule has 1 aliphatic rings. The predicted molar refractivity (Wildman–Crippen MR) is 83.5 cm³/mol. The molecule has 1 unspecified atom stereocenters. The Morgan fingerprint density at radius 1 is 1.38 bits per heavy atom. The van der Waals surface area contributed by atoms with Crippen LogP contribution in [-0.2, 0) is 9.59 Å². The zero-order chi connectivity index (χ0) is 15.7. The highest BCUT2D eigenvalue weighted by atomic mass is 79.9. The third-order valence-electron chi connectivity index (χ3n) is 3.54. The normalized spacial score (nSPS) is 15.1. The number of carbonyl (C=O) groups excluding carboxylic acids is 3. The molecular formula is C15H17BrN2O3. The van der Waals surface area contributed by atoms with Gasteiger partial charge >= 0.3 is 0 Å². The van der Waals surface area contributed by atoms with Crippen molar-refractivity contribution in [2.45, 2.75) is 33.2 Å². The molecule has 1 aromatic rings. The standard InChI is InChI=1S/C15H17BrN2O3/c1-4-9(3)17-12(19)7-18-13-8(2)5-10(16)6-11(13)14(20)15(18)21/h5-6,9H,4,7H2,1-3H3,(H,17,19). The number of hydrogen-bond donors (Lipinski definition) is 1. The van der Waals surface area contributed by atoms with Crippen LogP contribution in [0.2, 0.25) is 0 Å². The molecule has 0 fully saturated rings. The minimum Gasteiger partial charge on any atom is -0.352 e. The van der Waals surface area contributed by atoms with Gasteiger partial charge < -0.3 is 5.32 Å². The van der Waals surface area contributed by atoms with Crippen molar-refractivity contribution < 1.29 is 14.4 Å². The zero-order valence-electron chi connectivity index (χ0n) is 12.2. The largest absolute Gasteiger partial charge is 0.352 e. The number of aryl methyl sites for hydroxylation is 1. The maximum Gasteiger partial charge on any atom is 0.299 e. The summed E-state index contributed by atoms with van der Waals surface area (Å²) in [5.74, 6) is -1.48. The summed E-state index contributed by atoms with van der Waals surface area (Å²) < 4.78 is 0.741. The second-order valence-corrected chi connectivity index (χ2v) is 6.13. The molecular weight excluding hydrogens is 336 g/mol. The predicted octanol–water partition coefficient (Wildman–Crippen LogP) is 2.20. The molecule has 0 spiro atoms. The quantitative estimate of drug-likeness (QED) is 0.844. The molecule has 1 aromatic carbocycles. The molecule has 2 rings (SSSR count). The number of hydrogen-bond acceptors (Lipinski definition) is 3. The Bertz CT molecular complexity index is 628. The fraction of sp³-hybridized carbons (Fsp3) is 0.400. The number of carbonyl (C=O) groups is 3. The summed E-state index contributed by atoms with van der Waals surface area (Å²) in [4.78, 5) is 37.4.